The largest absolute Gasteiger partial charge is 0.391 e. The minimum atomic E-state index is -2.84. The van der Waals surface area contributed by atoms with E-state index in [1.165, 1.54) is 51.4 Å². The summed E-state index contributed by atoms with van der Waals surface area (Å²) in [4.78, 5) is 0. The molecule has 7 heteroatoms. The Morgan fingerprint density at radius 1 is 0.800 bits per heavy atom. The fourth-order valence-electron chi connectivity index (χ4n) is 2.69. The number of rotatable bonds is 17. The van der Waals surface area contributed by atoms with Crippen LogP contribution in [0, 0.1) is 0 Å². The normalized spacial score (nSPS) is 16.0. The van der Waals surface area contributed by atoms with Crippen LogP contribution in [0.4, 0.5) is 0 Å². The molecule has 0 bridgehead atoms. The molecule has 0 fully saturated rings. The maximum Gasteiger partial charge on any atom is 0.216 e. The van der Waals surface area contributed by atoms with Gasteiger partial charge >= 0.3 is 0 Å². The molecule has 0 aromatic rings. The van der Waals surface area contributed by atoms with Gasteiger partial charge in [-0.3, -0.25) is 0 Å². The zero-order valence-corrected chi connectivity index (χ0v) is 15.6. The first-order valence-corrected chi connectivity index (χ1v) is 9.67. The fourth-order valence-corrected chi connectivity index (χ4v) is 2.69. The average Bonchev–Trinajstić information content (AvgIpc) is 2.61. The molecule has 7 N–H and O–H groups in total. The van der Waals surface area contributed by atoms with Crippen LogP contribution in [-0.2, 0) is 0 Å². The average molecular weight is 366 g/mol. The Balaban J connectivity index is 3.56. The maximum atomic E-state index is 9.73. The molecule has 0 aliphatic rings. The number of nitrogens with one attached hydrogen (secondary N) is 1. The minimum absolute atomic E-state index is 0.0250. The van der Waals surface area contributed by atoms with Gasteiger partial charge in [0.2, 0.25) is 5.79 Å². The second-order valence-electron chi connectivity index (χ2n) is 6.93. The highest BCUT2D eigenvalue weighted by atomic mass is 16.5. The highest BCUT2D eigenvalue weighted by Crippen LogP contribution is 2.13. The smallest absolute Gasteiger partial charge is 0.216 e. The lowest BCUT2D eigenvalue weighted by Crippen LogP contribution is -2.56. The highest BCUT2D eigenvalue weighted by Gasteiger charge is 2.40. The van der Waals surface area contributed by atoms with Crippen LogP contribution in [0.2, 0.25) is 0 Å². The van der Waals surface area contributed by atoms with Crippen molar-refractivity contribution in [1.29, 1.82) is 0 Å². The van der Waals surface area contributed by atoms with E-state index < -0.39 is 30.7 Å². The third-order valence-corrected chi connectivity index (χ3v) is 4.48. The molecule has 0 saturated heterocycles. The molecule has 0 aliphatic carbocycles. The minimum Gasteiger partial charge on any atom is -0.391 e. The van der Waals surface area contributed by atoms with Crippen molar-refractivity contribution in [3.05, 3.63) is 0 Å². The molecule has 0 amide bonds. The van der Waals surface area contributed by atoms with E-state index in [9.17, 15) is 25.5 Å². The van der Waals surface area contributed by atoms with Crippen LogP contribution in [0.3, 0.4) is 0 Å². The third kappa shape index (κ3) is 11.9. The van der Waals surface area contributed by atoms with Gasteiger partial charge in [0.05, 0.1) is 12.7 Å². The summed E-state index contributed by atoms with van der Waals surface area (Å²) in [5, 5.41) is 59.1. The summed E-state index contributed by atoms with van der Waals surface area (Å²) in [7, 11) is 0. The van der Waals surface area contributed by atoms with Gasteiger partial charge < -0.3 is 36.0 Å². The molecule has 3 atom stereocenters. The van der Waals surface area contributed by atoms with E-state index in [1.807, 2.05) is 0 Å². The van der Waals surface area contributed by atoms with Crippen molar-refractivity contribution in [3.63, 3.8) is 0 Å². The van der Waals surface area contributed by atoms with Gasteiger partial charge in [-0.05, 0) is 13.0 Å². The van der Waals surface area contributed by atoms with Crippen LogP contribution >= 0.6 is 0 Å². The van der Waals surface area contributed by atoms with Crippen molar-refractivity contribution in [1.82, 2.24) is 5.32 Å². The van der Waals surface area contributed by atoms with Crippen LogP contribution < -0.4 is 5.32 Å². The Hall–Kier alpha value is -0.280. The van der Waals surface area contributed by atoms with Gasteiger partial charge in [-0.25, -0.2) is 0 Å². The molecule has 7 nitrogen and oxygen atoms in total. The van der Waals surface area contributed by atoms with Crippen LogP contribution in [0.25, 0.3) is 0 Å². The van der Waals surface area contributed by atoms with Crippen LogP contribution in [-0.4, -0.2) is 74.4 Å². The van der Waals surface area contributed by atoms with Gasteiger partial charge in [-0.2, -0.15) is 0 Å². The van der Waals surface area contributed by atoms with E-state index in [2.05, 4.69) is 12.2 Å². The lowest BCUT2D eigenvalue weighted by Gasteiger charge is -2.31. The molecule has 0 saturated carbocycles. The van der Waals surface area contributed by atoms with E-state index >= 15 is 0 Å². The Morgan fingerprint density at radius 2 is 1.28 bits per heavy atom. The molecule has 0 heterocycles. The lowest BCUT2D eigenvalue weighted by atomic mass is 10.0. The first-order valence-electron chi connectivity index (χ1n) is 9.67. The van der Waals surface area contributed by atoms with Crippen molar-refractivity contribution in [2.75, 3.05) is 19.7 Å². The first kappa shape index (κ1) is 24.7. The van der Waals surface area contributed by atoms with E-state index in [-0.39, 0.29) is 6.54 Å². The molecule has 0 rings (SSSR count). The van der Waals surface area contributed by atoms with Crippen molar-refractivity contribution < 1.29 is 30.6 Å². The molecular formula is C18H39NO6. The molecular weight excluding hydrogens is 326 g/mol. The van der Waals surface area contributed by atoms with Crippen molar-refractivity contribution in [3.8, 4) is 0 Å². The molecule has 0 radical (unpaired) electrons. The Bertz CT molecular complexity index is 303. The van der Waals surface area contributed by atoms with E-state index in [0.717, 1.165) is 12.8 Å². The lowest BCUT2D eigenvalue weighted by molar-refractivity contribution is -0.270. The second kappa shape index (κ2) is 14.8. The number of hydrogen-bond donors (Lipinski definition) is 7. The van der Waals surface area contributed by atoms with E-state index in [0.29, 0.717) is 6.54 Å². The molecule has 0 aromatic heterocycles. The summed E-state index contributed by atoms with van der Waals surface area (Å²) in [5.74, 6) is -2.84. The van der Waals surface area contributed by atoms with Gasteiger partial charge in [0.1, 0.15) is 12.2 Å². The molecule has 0 aliphatic heterocycles. The molecule has 0 unspecified atom stereocenters. The van der Waals surface area contributed by atoms with Gasteiger partial charge in [0.25, 0.3) is 0 Å². The zero-order valence-electron chi connectivity index (χ0n) is 15.6. The summed E-state index contributed by atoms with van der Waals surface area (Å²) >= 11 is 0. The van der Waals surface area contributed by atoms with Gasteiger partial charge in [0, 0.05) is 6.54 Å². The van der Waals surface area contributed by atoms with E-state index in [1.54, 1.807) is 0 Å². The van der Waals surface area contributed by atoms with Crippen molar-refractivity contribution in [2.24, 2.45) is 0 Å². The molecule has 0 spiro atoms. The van der Waals surface area contributed by atoms with E-state index in [4.69, 9.17) is 5.11 Å². The Labute approximate surface area is 151 Å². The second-order valence-corrected chi connectivity index (χ2v) is 6.93. The quantitative estimate of drug-likeness (QED) is 0.145. The first-order chi connectivity index (χ1) is 11.9. The third-order valence-electron chi connectivity index (χ3n) is 4.48. The maximum absolute atomic E-state index is 9.73. The Kier molecular flexibility index (Phi) is 14.7. The number of unbranched alkanes of at least 4 members (excludes halogenated alkanes) is 9. The van der Waals surface area contributed by atoms with Crippen molar-refractivity contribution in [2.45, 2.75) is 95.2 Å². The molecule has 25 heavy (non-hydrogen) atoms. The van der Waals surface area contributed by atoms with Crippen LogP contribution in [0.15, 0.2) is 0 Å². The number of hydrogen-bond acceptors (Lipinski definition) is 7. The summed E-state index contributed by atoms with van der Waals surface area (Å²) in [6, 6.07) is 0. The molecule has 152 valence electrons. The van der Waals surface area contributed by atoms with Crippen LogP contribution in [0.5, 0.6) is 0 Å². The predicted molar refractivity (Wildman–Crippen MR) is 97.0 cm³/mol. The fraction of sp³-hybridized carbons (Fsp3) is 1.00. The van der Waals surface area contributed by atoms with Gasteiger partial charge in [-0.15, -0.1) is 0 Å². The summed E-state index contributed by atoms with van der Waals surface area (Å²) in [6.07, 6.45) is 7.22. The summed E-state index contributed by atoms with van der Waals surface area (Å²) in [6.45, 7) is 1.79. The zero-order chi connectivity index (χ0) is 19.1. The van der Waals surface area contributed by atoms with Gasteiger partial charge in [-0.1, -0.05) is 64.7 Å². The predicted octanol–water partition coefficient (Wildman–Crippen LogP) is 0.253. The van der Waals surface area contributed by atoms with Crippen LogP contribution in [0.1, 0.15) is 71.1 Å². The number of aliphatic hydroxyl groups is 6. The summed E-state index contributed by atoms with van der Waals surface area (Å²) in [5.41, 5.74) is 0. The standard InChI is InChI=1S/C18H39NO6/c1-2-3-4-5-6-7-8-9-10-11-12-19-13-15(21)16(22)17(23)18(24,25)14-20/h15-17,19-25H,2-14H2,1H3/t15-,16+,17-/m0/s1. The van der Waals surface area contributed by atoms with Gasteiger partial charge in [0.15, 0.2) is 0 Å². The Morgan fingerprint density at radius 3 is 1.76 bits per heavy atom. The molecule has 0 aromatic carbocycles. The summed E-state index contributed by atoms with van der Waals surface area (Å²) < 4.78 is 0. The highest BCUT2D eigenvalue weighted by molar-refractivity contribution is 4.85. The SMILES string of the molecule is CCCCCCCCCCCCNC[C@H](O)[C@@H](O)[C@H](O)C(O)(O)CO. The monoisotopic (exact) mass is 365 g/mol. The van der Waals surface area contributed by atoms with Crippen molar-refractivity contribution >= 4 is 0 Å². The topological polar surface area (TPSA) is 133 Å². The number of aliphatic hydroxyl groups excluding tert-OH is 4.